The number of benzene rings is 1. The summed E-state index contributed by atoms with van der Waals surface area (Å²) in [5.41, 5.74) is 5.95. The van der Waals surface area contributed by atoms with Crippen LogP contribution in [0.5, 0.6) is 11.5 Å². The van der Waals surface area contributed by atoms with Gasteiger partial charge in [0.05, 0.1) is 25.6 Å². The summed E-state index contributed by atoms with van der Waals surface area (Å²) in [4.78, 5) is 7.36. The maximum Gasteiger partial charge on any atom is 0.161 e. The van der Waals surface area contributed by atoms with Crippen LogP contribution in [0.1, 0.15) is 41.4 Å². The SMILES string of the molecule is COc1ccc([C@@H]2CCCN2Cc2c(C)nc3c(C)cccn23)cc1OC. The van der Waals surface area contributed by atoms with Crippen LogP contribution in [-0.4, -0.2) is 35.0 Å². The number of fused-ring (bicyclic) bond motifs is 1. The molecule has 5 heteroatoms. The van der Waals surface area contributed by atoms with Crippen molar-refractivity contribution in [3.63, 3.8) is 0 Å². The van der Waals surface area contributed by atoms with Gasteiger partial charge in [-0.2, -0.15) is 0 Å². The van der Waals surface area contributed by atoms with Gasteiger partial charge in [0.2, 0.25) is 0 Å². The van der Waals surface area contributed by atoms with Gasteiger partial charge in [-0.05, 0) is 62.6 Å². The minimum absolute atomic E-state index is 0.388. The molecule has 1 aromatic carbocycles. The summed E-state index contributed by atoms with van der Waals surface area (Å²) in [7, 11) is 3.37. The maximum absolute atomic E-state index is 5.51. The highest BCUT2D eigenvalue weighted by atomic mass is 16.5. The minimum Gasteiger partial charge on any atom is -0.493 e. The van der Waals surface area contributed by atoms with Crippen LogP contribution in [0.3, 0.4) is 0 Å². The van der Waals surface area contributed by atoms with Crippen molar-refractivity contribution in [2.45, 2.75) is 39.3 Å². The van der Waals surface area contributed by atoms with Gasteiger partial charge >= 0.3 is 0 Å². The fourth-order valence-corrected chi connectivity index (χ4v) is 4.20. The van der Waals surface area contributed by atoms with E-state index in [4.69, 9.17) is 14.5 Å². The van der Waals surface area contributed by atoms with Crippen LogP contribution < -0.4 is 9.47 Å². The molecule has 1 atom stereocenters. The van der Waals surface area contributed by atoms with Gasteiger partial charge in [-0.3, -0.25) is 4.90 Å². The summed E-state index contributed by atoms with van der Waals surface area (Å²) in [6.45, 7) is 6.23. The highest BCUT2D eigenvalue weighted by molar-refractivity contribution is 5.50. The average molecular weight is 365 g/mol. The third-order valence-electron chi connectivity index (χ3n) is 5.65. The van der Waals surface area contributed by atoms with E-state index in [1.165, 1.54) is 23.2 Å². The van der Waals surface area contributed by atoms with Crippen molar-refractivity contribution in [1.82, 2.24) is 14.3 Å². The lowest BCUT2D eigenvalue weighted by molar-refractivity contribution is 0.243. The number of hydrogen-bond acceptors (Lipinski definition) is 4. The molecule has 0 radical (unpaired) electrons. The van der Waals surface area contributed by atoms with Crippen molar-refractivity contribution in [2.24, 2.45) is 0 Å². The molecule has 1 aliphatic rings. The molecule has 1 fully saturated rings. The van der Waals surface area contributed by atoms with E-state index in [1.807, 2.05) is 6.07 Å². The number of ether oxygens (including phenoxy) is 2. The molecule has 5 nitrogen and oxygen atoms in total. The van der Waals surface area contributed by atoms with Gasteiger partial charge in [0.1, 0.15) is 5.65 Å². The van der Waals surface area contributed by atoms with E-state index < -0.39 is 0 Å². The monoisotopic (exact) mass is 365 g/mol. The number of methoxy groups -OCH3 is 2. The number of hydrogen-bond donors (Lipinski definition) is 0. The van der Waals surface area contributed by atoms with Crippen LogP contribution in [0.15, 0.2) is 36.5 Å². The van der Waals surface area contributed by atoms with Crippen LogP contribution >= 0.6 is 0 Å². The fraction of sp³-hybridized carbons (Fsp3) is 0.409. The zero-order chi connectivity index (χ0) is 19.0. The van der Waals surface area contributed by atoms with E-state index in [2.05, 4.69) is 53.6 Å². The smallest absolute Gasteiger partial charge is 0.161 e. The second-order valence-electron chi connectivity index (χ2n) is 7.27. The third kappa shape index (κ3) is 3.16. The van der Waals surface area contributed by atoms with Crippen molar-refractivity contribution in [3.8, 4) is 11.5 Å². The molecule has 1 saturated heterocycles. The Labute approximate surface area is 160 Å². The number of imidazole rings is 1. The number of aromatic nitrogens is 2. The van der Waals surface area contributed by atoms with E-state index in [1.54, 1.807) is 14.2 Å². The summed E-state index contributed by atoms with van der Waals surface area (Å²) < 4.78 is 13.1. The summed E-state index contributed by atoms with van der Waals surface area (Å²) in [5.74, 6) is 1.57. The molecule has 0 N–H and O–H groups in total. The number of rotatable bonds is 5. The normalized spacial score (nSPS) is 17.6. The van der Waals surface area contributed by atoms with E-state index >= 15 is 0 Å². The summed E-state index contributed by atoms with van der Waals surface area (Å²) >= 11 is 0. The van der Waals surface area contributed by atoms with Gasteiger partial charge in [-0.25, -0.2) is 4.98 Å². The molecule has 0 amide bonds. The maximum atomic E-state index is 5.51. The highest BCUT2D eigenvalue weighted by Crippen LogP contribution is 2.37. The second kappa shape index (κ2) is 7.24. The Bertz CT molecular complexity index is 964. The van der Waals surface area contributed by atoms with E-state index in [0.717, 1.165) is 42.4 Å². The van der Waals surface area contributed by atoms with Crippen molar-refractivity contribution in [3.05, 3.63) is 59.0 Å². The first-order valence-electron chi connectivity index (χ1n) is 9.51. The van der Waals surface area contributed by atoms with Gasteiger partial charge in [0.25, 0.3) is 0 Å². The molecule has 3 aromatic rings. The summed E-state index contributed by atoms with van der Waals surface area (Å²) in [6.07, 6.45) is 4.48. The lowest BCUT2D eigenvalue weighted by Gasteiger charge is -2.25. The van der Waals surface area contributed by atoms with Crippen LogP contribution in [0.25, 0.3) is 5.65 Å². The first kappa shape index (κ1) is 17.9. The molecule has 0 bridgehead atoms. The van der Waals surface area contributed by atoms with E-state index in [-0.39, 0.29) is 0 Å². The molecule has 0 unspecified atom stereocenters. The van der Waals surface area contributed by atoms with Crippen molar-refractivity contribution in [1.29, 1.82) is 0 Å². The van der Waals surface area contributed by atoms with Crippen molar-refractivity contribution in [2.75, 3.05) is 20.8 Å². The molecule has 4 rings (SSSR count). The lowest BCUT2D eigenvalue weighted by atomic mass is 10.0. The zero-order valence-electron chi connectivity index (χ0n) is 16.5. The first-order chi connectivity index (χ1) is 13.1. The van der Waals surface area contributed by atoms with Crippen molar-refractivity contribution >= 4 is 5.65 Å². The number of likely N-dealkylation sites (tertiary alicyclic amines) is 1. The quantitative estimate of drug-likeness (QED) is 0.676. The molecule has 3 heterocycles. The molecular weight excluding hydrogens is 338 g/mol. The molecule has 2 aromatic heterocycles. The Hall–Kier alpha value is -2.53. The van der Waals surface area contributed by atoms with Crippen LogP contribution in [0.2, 0.25) is 0 Å². The second-order valence-corrected chi connectivity index (χ2v) is 7.27. The van der Waals surface area contributed by atoms with Gasteiger partial charge in [-0.1, -0.05) is 12.1 Å². The zero-order valence-corrected chi connectivity index (χ0v) is 16.5. The van der Waals surface area contributed by atoms with Crippen LogP contribution in [0.4, 0.5) is 0 Å². The number of aryl methyl sites for hydroxylation is 2. The Balaban J connectivity index is 1.65. The van der Waals surface area contributed by atoms with Gasteiger partial charge < -0.3 is 13.9 Å². The Kier molecular flexibility index (Phi) is 4.79. The molecule has 1 aliphatic heterocycles. The number of pyridine rings is 1. The Morgan fingerprint density at radius 3 is 2.70 bits per heavy atom. The third-order valence-corrected chi connectivity index (χ3v) is 5.65. The largest absolute Gasteiger partial charge is 0.493 e. The predicted molar refractivity (Wildman–Crippen MR) is 107 cm³/mol. The summed E-state index contributed by atoms with van der Waals surface area (Å²) in [6, 6.07) is 10.9. The van der Waals surface area contributed by atoms with Crippen molar-refractivity contribution < 1.29 is 9.47 Å². The molecule has 142 valence electrons. The molecule has 0 saturated carbocycles. The van der Waals surface area contributed by atoms with Gasteiger partial charge in [-0.15, -0.1) is 0 Å². The van der Waals surface area contributed by atoms with E-state index in [9.17, 15) is 0 Å². The highest BCUT2D eigenvalue weighted by Gasteiger charge is 2.28. The Morgan fingerprint density at radius 2 is 1.93 bits per heavy atom. The molecular formula is C22H27N3O2. The lowest BCUT2D eigenvalue weighted by Crippen LogP contribution is -2.24. The summed E-state index contributed by atoms with van der Waals surface area (Å²) in [5, 5.41) is 0. The fourth-order valence-electron chi connectivity index (χ4n) is 4.20. The Morgan fingerprint density at radius 1 is 1.11 bits per heavy atom. The average Bonchev–Trinajstić information content (AvgIpc) is 3.27. The molecule has 0 aliphatic carbocycles. The number of nitrogens with zero attached hydrogens (tertiary/aromatic N) is 3. The van der Waals surface area contributed by atoms with Gasteiger partial charge in [0.15, 0.2) is 11.5 Å². The molecule has 27 heavy (non-hydrogen) atoms. The minimum atomic E-state index is 0.388. The standard InChI is InChI=1S/C22H27N3O2/c1-15-7-5-12-25-19(16(2)23-22(15)25)14-24-11-6-8-18(24)17-9-10-20(26-3)21(13-17)27-4/h5,7,9-10,12-13,18H,6,8,11,14H2,1-4H3/t18-/m0/s1. The van der Waals surface area contributed by atoms with Crippen LogP contribution in [-0.2, 0) is 6.54 Å². The van der Waals surface area contributed by atoms with Crippen LogP contribution in [0, 0.1) is 13.8 Å². The van der Waals surface area contributed by atoms with Gasteiger partial charge in [0, 0.05) is 18.8 Å². The topological polar surface area (TPSA) is 39.0 Å². The molecule has 0 spiro atoms. The first-order valence-corrected chi connectivity index (χ1v) is 9.51. The van der Waals surface area contributed by atoms with E-state index in [0.29, 0.717) is 6.04 Å². The predicted octanol–water partition coefficient (Wildman–Crippen LogP) is 4.31.